The number of benzene rings is 1. The second kappa shape index (κ2) is 8.56. The summed E-state index contributed by atoms with van der Waals surface area (Å²) in [5, 5.41) is 12.1. The summed E-state index contributed by atoms with van der Waals surface area (Å²) in [5.74, 6) is 7.29. The van der Waals surface area contributed by atoms with Gasteiger partial charge in [-0.15, -0.1) is 21.5 Å². The van der Waals surface area contributed by atoms with Gasteiger partial charge in [-0.1, -0.05) is 50.2 Å². The van der Waals surface area contributed by atoms with E-state index in [1.807, 2.05) is 52.1 Å². The molecule has 2 aromatic heterocycles. The Bertz CT molecular complexity index is 1060. The predicted octanol–water partition coefficient (Wildman–Crippen LogP) is 4.99. The minimum atomic E-state index is -0.193. The van der Waals surface area contributed by atoms with E-state index in [9.17, 15) is 4.79 Å². The van der Waals surface area contributed by atoms with Crippen LogP contribution in [0.4, 0.5) is 10.8 Å². The van der Waals surface area contributed by atoms with E-state index in [2.05, 4.69) is 15.2 Å². The number of aromatic nitrogens is 4. The van der Waals surface area contributed by atoms with Crippen molar-refractivity contribution in [2.45, 2.75) is 57.9 Å². The van der Waals surface area contributed by atoms with Crippen molar-refractivity contribution in [1.82, 2.24) is 19.9 Å². The van der Waals surface area contributed by atoms with E-state index >= 15 is 0 Å². The molecule has 7 nitrogen and oxygen atoms in total. The Morgan fingerprint density at radius 3 is 2.57 bits per heavy atom. The molecule has 1 aromatic carbocycles. The molecule has 0 aliphatic heterocycles. The molecule has 3 rings (SSSR count). The number of carbonyl (C=O) groups excluding carboxylic acids is 1. The first-order chi connectivity index (χ1) is 14.0. The number of halogens is 1. The second-order valence-corrected chi connectivity index (χ2v) is 10.3. The lowest BCUT2D eigenvalue weighted by molar-refractivity contribution is -0.115. The van der Waals surface area contributed by atoms with Gasteiger partial charge < -0.3 is 5.84 Å². The van der Waals surface area contributed by atoms with Crippen molar-refractivity contribution in [1.29, 1.82) is 0 Å². The van der Waals surface area contributed by atoms with Crippen molar-refractivity contribution >= 4 is 51.4 Å². The summed E-state index contributed by atoms with van der Waals surface area (Å²) in [5.41, 5.74) is 3.27. The smallest absolute Gasteiger partial charge is 0.230 e. The Morgan fingerprint density at radius 2 is 2.00 bits per heavy atom. The summed E-state index contributed by atoms with van der Waals surface area (Å²) in [6.45, 7) is 11.5. The third-order valence-electron chi connectivity index (χ3n) is 4.35. The van der Waals surface area contributed by atoms with Gasteiger partial charge in [0.15, 0.2) is 11.0 Å². The average molecular weight is 465 g/mol. The summed E-state index contributed by atoms with van der Waals surface area (Å²) < 4.78 is 1.52. The van der Waals surface area contributed by atoms with E-state index in [1.54, 1.807) is 4.90 Å². The number of nitrogens with zero attached hydrogens (tertiary/aromatic N) is 5. The normalized spacial score (nSPS) is 11.7. The topological polar surface area (TPSA) is 89.9 Å². The summed E-state index contributed by atoms with van der Waals surface area (Å²) in [6.07, 6.45) is 0. The highest BCUT2D eigenvalue weighted by molar-refractivity contribution is 7.98. The molecule has 0 spiro atoms. The number of carbonyl (C=O) groups is 1. The first kappa shape index (κ1) is 22.6. The maximum atomic E-state index is 12.5. The average Bonchev–Trinajstić information content (AvgIpc) is 3.21. The molecule has 10 heteroatoms. The van der Waals surface area contributed by atoms with Crippen LogP contribution in [0.3, 0.4) is 0 Å². The molecule has 160 valence electrons. The molecule has 3 aromatic rings. The highest BCUT2D eigenvalue weighted by atomic mass is 35.5. The second-order valence-electron chi connectivity index (χ2n) is 8.10. The fraction of sp³-hybridized carbons (Fsp3) is 0.400. The summed E-state index contributed by atoms with van der Waals surface area (Å²) in [4.78, 5) is 18.7. The molecule has 2 heterocycles. The number of nitrogens with two attached hydrogens (primary N) is 1. The zero-order valence-corrected chi connectivity index (χ0v) is 20.2. The van der Waals surface area contributed by atoms with Gasteiger partial charge >= 0.3 is 0 Å². The number of anilines is 2. The van der Waals surface area contributed by atoms with Crippen molar-refractivity contribution in [2.75, 3.05) is 10.7 Å². The van der Waals surface area contributed by atoms with E-state index in [-0.39, 0.29) is 11.3 Å². The molecule has 1 amide bonds. The Balaban J connectivity index is 1.83. The number of amides is 1. The molecule has 0 saturated carbocycles. The molecule has 0 fully saturated rings. The SMILES string of the molecule is CC(=O)N(c1nc(CSc2nnc(C(C)(C)C)n2N)cs1)c1c(C)cc(C)cc1Cl. The summed E-state index contributed by atoms with van der Waals surface area (Å²) in [6, 6.07) is 3.85. The molecule has 30 heavy (non-hydrogen) atoms. The van der Waals surface area contributed by atoms with Gasteiger partial charge in [-0.05, 0) is 31.0 Å². The molecule has 0 bridgehead atoms. The van der Waals surface area contributed by atoms with Gasteiger partial charge in [-0.3, -0.25) is 9.69 Å². The van der Waals surface area contributed by atoms with Crippen molar-refractivity contribution in [2.24, 2.45) is 0 Å². The molecule has 0 atom stereocenters. The van der Waals surface area contributed by atoms with Gasteiger partial charge in [0.1, 0.15) is 0 Å². The minimum absolute atomic E-state index is 0.145. The van der Waals surface area contributed by atoms with E-state index in [0.717, 1.165) is 22.6 Å². The van der Waals surface area contributed by atoms with E-state index in [0.29, 0.717) is 26.8 Å². The minimum Gasteiger partial charge on any atom is -0.336 e. The Labute approximate surface area is 189 Å². The molecule has 0 saturated heterocycles. The molecule has 0 unspecified atom stereocenters. The van der Waals surface area contributed by atoms with E-state index in [1.165, 1.54) is 34.7 Å². The number of hydrogen-bond donors (Lipinski definition) is 1. The molecule has 2 N–H and O–H groups in total. The lowest BCUT2D eigenvalue weighted by Crippen LogP contribution is -2.24. The van der Waals surface area contributed by atoms with Crippen LogP contribution in [0.15, 0.2) is 22.7 Å². The van der Waals surface area contributed by atoms with Gasteiger partial charge in [0.2, 0.25) is 11.1 Å². The summed E-state index contributed by atoms with van der Waals surface area (Å²) in [7, 11) is 0. The van der Waals surface area contributed by atoms with E-state index in [4.69, 9.17) is 17.4 Å². The monoisotopic (exact) mass is 464 g/mol. The quantitative estimate of drug-likeness (QED) is 0.422. The van der Waals surface area contributed by atoms with Gasteiger partial charge in [0.05, 0.1) is 16.4 Å². The largest absolute Gasteiger partial charge is 0.336 e. The van der Waals surface area contributed by atoms with Crippen LogP contribution in [-0.2, 0) is 16.0 Å². The zero-order chi connectivity index (χ0) is 22.2. The fourth-order valence-electron chi connectivity index (χ4n) is 3.07. The van der Waals surface area contributed by atoms with Gasteiger partial charge in [0, 0.05) is 23.5 Å². The first-order valence-electron chi connectivity index (χ1n) is 9.34. The number of aryl methyl sites for hydroxylation is 2. The Hall–Kier alpha value is -2.10. The van der Waals surface area contributed by atoms with Crippen LogP contribution < -0.4 is 10.7 Å². The third-order valence-corrected chi connectivity index (χ3v) is 6.49. The van der Waals surface area contributed by atoms with Gasteiger partial charge in [0.25, 0.3) is 0 Å². The maximum absolute atomic E-state index is 12.5. The fourth-order valence-corrected chi connectivity index (χ4v) is 5.20. The number of hydrogen-bond acceptors (Lipinski definition) is 7. The first-order valence-corrected chi connectivity index (χ1v) is 11.6. The lowest BCUT2D eigenvalue weighted by atomic mass is 9.96. The molecule has 0 aliphatic rings. The maximum Gasteiger partial charge on any atom is 0.230 e. The number of nitrogen functional groups attached to an aromatic ring is 1. The van der Waals surface area contributed by atoms with Crippen LogP contribution in [0, 0.1) is 13.8 Å². The van der Waals surface area contributed by atoms with Crippen LogP contribution in [-0.4, -0.2) is 25.8 Å². The standard InChI is InChI=1S/C20H25ClN6OS2/c1-11-7-12(2)16(15(21)8-11)26(13(3)28)18-23-14(9-29-18)10-30-19-25-24-17(27(19)22)20(4,5)6/h7-9H,10,22H2,1-6H3. The van der Waals surface area contributed by atoms with Crippen molar-refractivity contribution in [3.63, 3.8) is 0 Å². The third kappa shape index (κ3) is 4.63. The Kier molecular flexibility index (Phi) is 6.45. The van der Waals surface area contributed by atoms with Crippen molar-refractivity contribution < 1.29 is 4.79 Å². The Morgan fingerprint density at radius 1 is 1.30 bits per heavy atom. The lowest BCUT2D eigenvalue weighted by Gasteiger charge is -2.22. The van der Waals surface area contributed by atoms with Crippen LogP contribution in [0.5, 0.6) is 0 Å². The van der Waals surface area contributed by atoms with Crippen LogP contribution in [0.25, 0.3) is 0 Å². The highest BCUT2D eigenvalue weighted by Gasteiger charge is 2.24. The van der Waals surface area contributed by atoms with Gasteiger partial charge in [-0.2, -0.15) is 0 Å². The summed E-state index contributed by atoms with van der Waals surface area (Å²) >= 11 is 9.33. The van der Waals surface area contributed by atoms with Crippen LogP contribution >= 0.6 is 34.7 Å². The molecule has 0 radical (unpaired) electrons. The molecular formula is C20H25ClN6OS2. The highest BCUT2D eigenvalue weighted by Crippen LogP contribution is 2.38. The predicted molar refractivity (Wildman–Crippen MR) is 124 cm³/mol. The number of thioether (sulfide) groups is 1. The van der Waals surface area contributed by atoms with Crippen LogP contribution in [0.1, 0.15) is 50.3 Å². The number of rotatable bonds is 5. The van der Waals surface area contributed by atoms with Crippen molar-refractivity contribution in [3.8, 4) is 0 Å². The van der Waals surface area contributed by atoms with E-state index < -0.39 is 0 Å². The number of thiazole rings is 1. The molecular weight excluding hydrogens is 440 g/mol. The zero-order valence-electron chi connectivity index (χ0n) is 17.9. The van der Waals surface area contributed by atoms with Crippen LogP contribution in [0.2, 0.25) is 5.02 Å². The molecule has 0 aliphatic carbocycles. The van der Waals surface area contributed by atoms with Gasteiger partial charge in [-0.25, -0.2) is 9.66 Å². The van der Waals surface area contributed by atoms with Crippen molar-refractivity contribution in [3.05, 3.63) is 45.2 Å².